The van der Waals surface area contributed by atoms with Gasteiger partial charge in [0.1, 0.15) is 5.82 Å². The highest BCUT2D eigenvalue weighted by Crippen LogP contribution is 2.31. The van der Waals surface area contributed by atoms with Gasteiger partial charge < -0.3 is 24.7 Å². The van der Waals surface area contributed by atoms with Crippen LogP contribution in [0.3, 0.4) is 0 Å². The van der Waals surface area contributed by atoms with Crippen LogP contribution in [0.5, 0.6) is 0 Å². The van der Waals surface area contributed by atoms with Crippen molar-refractivity contribution in [2.45, 2.75) is 42.5 Å². The van der Waals surface area contributed by atoms with E-state index in [0.29, 0.717) is 12.5 Å². The third-order valence-electron chi connectivity index (χ3n) is 4.70. The number of fused-ring (bicyclic) bond motifs is 1. The molecule has 156 valence electrons. The van der Waals surface area contributed by atoms with E-state index in [1.165, 1.54) is 11.8 Å². The number of hydrogen-bond donors (Lipinski definition) is 3. The van der Waals surface area contributed by atoms with E-state index in [4.69, 9.17) is 14.9 Å². The van der Waals surface area contributed by atoms with Crippen LogP contribution in [0.4, 0.5) is 0 Å². The number of carboxylic acids is 1. The monoisotopic (exact) mass is 418 g/mol. The van der Waals surface area contributed by atoms with Crippen LogP contribution in [0.2, 0.25) is 0 Å². The number of piperidine rings is 1. The summed E-state index contributed by atoms with van der Waals surface area (Å²) in [6, 6.07) is 7.98. The van der Waals surface area contributed by atoms with Gasteiger partial charge >= 0.3 is 0 Å². The van der Waals surface area contributed by atoms with Crippen LogP contribution in [0.25, 0.3) is 11.0 Å². The topological polar surface area (TPSA) is 118 Å². The first-order valence-corrected chi connectivity index (χ1v) is 10.4. The van der Waals surface area contributed by atoms with Crippen LogP contribution < -0.4 is 5.32 Å². The first-order chi connectivity index (χ1) is 14.0. The SMILES string of the molecule is CC(=O)O.Cn1c(Sc2nc3ccccc3n2CCO)nnc1C1CCNCC1. The van der Waals surface area contributed by atoms with Gasteiger partial charge in [0.25, 0.3) is 5.97 Å². The van der Waals surface area contributed by atoms with Crippen molar-refractivity contribution in [2.24, 2.45) is 7.05 Å². The summed E-state index contributed by atoms with van der Waals surface area (Å²) in [5.41, 5.74) is 1.96. The van der Waals surface area contributed by atoms with Crippen molar-refractivity contribution < 1.29 is 15.0 Å². The summed E-state index contributed by atoms with van der Waals surface area (Å²) >= 11 is 1.51. The predicted molar refractivity (Wildman–Crippen MR) is 110 cm³/mol. The summed E-state index contributed by atoms with van der Waals surface area (Å²) in [6.45, 7) is 3.74. The Kier molecular flexibility index (Phi) is 7.24. The van der Waals surface area contributed by atoms with Crippen molar-refractivity contribution in [3.63, 3.8) is 0 Å². The third-order valence-corrected chi connectivity index (χ3v) is 5.73. The summed E-state index contributed by atoms with van der Waals surface area (Å²) < 4.78 is 4.13. The molecule has 1 aromatic carbocycles. The van der Waals surface area contributed by atoms with E-state index in [-0.39, 0.29) is 6.61 Å². The van der Waals surface area contributed by atoms with E-state index in [1.807, 2.05) is 35.9 Å². The summed E-state index contributed by atoms with van der Waals surface area (Å²) in [7, 11) is 2.03. The molecular formula is C19H26N6O3S. The Balaban J connectivity index is 0.000000552. The molecule has 10 heteroatoms. The van der Waals surface area contributed by atoms with Crippen LogP contribution in [-0.4, -0.2) is 60.2 Å². The Labute approximate surface area is 173 Å². The molecule has 1 aliphatic heterocycles. The van der Waals surface area contributed by atoms with E-state index in [0.717, 1.165) is 60.0 Å². The number of aliphatic hydroxyl groups is 1. The van der Waals surface area contributed by atoms with Crippen molar-refractivity contribution in [3.8, 4) is 0 Å². The van der Waals surface area contributed by atoms with Crippen molar-refractivity contribution in [1.82, 2.24) is 29.6 Å². The number of para-hydroxylation sites is 2. The van der Waals surface area contributed by atoms with E-state index in [2.05, 4.69) is 20.1 Å². The maximum Gasteiger partial charge on any atom is 0.300 e. The van der Waals surface area contributed by atoms with Crippen LogP contribution in [-0.2, 0) is 18.4 Å². The number of nitrogens with zero attached hydrogens (tertiary/aromatic N) is 5. The highest BCUT2D eigenvalue weighted by atomic mass is 32.2. The molecular weight excluding hydrogens is 392 g/mol. The molecule has 1 saturated heterocycles. The number of rotatable bonds is 5. The van der Waals surface area contributed by atoms with Gasteiger partial charge in [-0.1, -0.05) is 12.1 Å². The lowest BCUT2D eigenvalue weighted by atomic mass is 9.97. The summed E-state index contributed by atoms with van der Waals surface area (Å²) in [5.74, 6) is 0.679. The Morgan fingerprint density at radius 2 is 1.93 bits per heavy atom. The van der Waals surface area contributed by atoms with Crippen molar-refractivity contribution in [2.75, 3.05) is 19.7 Å². The zero-order valence-electron chi connectivity index (χ0n) is 16.6. The molecule has 0 unspecified atom stereocenters. The average molecular weight is 419 g/mol. The molecule has 0 radical (unpaired) electrons. The number of imidazole rings is 1. The summed E-state index contributed by atoms with van der Waals surface area (Å²) in [4.78, 5) is 13.7. The van der Waals surface area contributed by atoms with Gasteiger partial charge in [-0.15, -0.1) is 10.2 Å². The maximum absolute atomic E-state index is 9.42. The molecule has 0 saturated carbocycles. The van der Waals surface area contributed by atoms with Gasteiger partial charge in [0.2, 0.25) is 0 Å². The number of benzene rings is 1. The number of carbonyl (C=O) groups is 1. The summed E-state index contributed by atoms with van der Waals surface area (Å²) in [6.07, 6.45) is 2.19. The van der Waals surface area contributed by atoms with Crippen molar-refractivity contribution >= 4 is 28.8 Å². The van der Waals surface area contributed by atoms with Gasteiger partial charge in [-0.2, -0.15) is 0 Å². The third kappa shape index (κ3) is 5.14. The second-order valence-electron chi connectivity index (χ2n) is 6.80. The first kappa shape index (κ1) is 21.3. The minimum absolute atomic E-state index is 0.0764. The Morgan fingerprint density at radius 3 is 2.62 bits per heavy atom. The highest BCUT2D eigenvalue weighted by molar-refractivity contribution is 7.99. The zero-order valence-corrected chi connectivity index (χ0v) is 17.4. The molecule has 1 aliphatic rings. The fraction of sp³-hybridized carbons (Fsp3) is 0.474. The molecule has 29 heavy (non-hydrogen) atoms. The van der Waals surface area contributed by atoms with E-state index in [9.17, 15) is 5.11 Å². The molecule has 4 rings (SSSR count). The second-order valence-corrected chi connectivity index (χ2v) is 7.74. The Hall–Kier alpha value is -2.43. The molecule has 3 N–H and O–H groups in total. The van der Waals surface area contributed by atoms with Crippen molar-refractivity contribution in [1.29, 1.82) is 0 Å². The lowest BCUT2D eigenvalue weighted by molar-refractivity contribution is -0.134. The average Bonchev–Trinajstić information content (AvgIpc) is 3.24. The predicted octanol–water partition coefficient (Wildman–Crippen LogP) is 1.87. The van der Waals surface area contributed by atoms with E-state index < -0.39 is 5.97 Å². The molecule has 1 fully saturated rings. The zero-order chi connectivity index (χ0) is 20.8. The van der Waals surface area contributed by atoms with Crippen LogP contribution in [0, 0.1) is 0 Å². The molecule has 9 nitrogen and oxygen atoms in total. The number of aliphatic hydroxyl groups excluding tert-OH is 1. The van der Waals surface area contributed by atoms with Crippen LogP contribution >= 0.6 is 11.8 Å². The largest absolute Gasteiger partial charge is 0.481 e. The molecule has 0 aliphatic carbocycles. The number of nitrogens with one attached hydrogen (secondary N) is 1. The normalized spacial score (nSPS) is 14.6. The Bertz CT molecular complexity index is 960. The molecule has 2 aromatic heterocycles. The van der Waals surface area contributed by atoms with E-state index in [1.54, 1.807) is 0 Å². The smallest absolute Gasteiger partial charge is 0.300 e. The lowest BCUT2D eigenvalue weighted by Gasteiger charge is -2.21. The number of aliphatic carboxylic acids is 1. The molecule has 3 aromatic rings. The van der Waals surface area contributed by atoms with Gasteiger partial charge in [0.15, 0.2) is 10.3 Å². The fourth-order valence-corrected chi connectivity index (χ4v) is 4.30. The molecule has 0 amide bonds. The maximum atomic E-state index is 9.42. The number of carboxylic acid groups (broad SMARTS) is 1. The highest BCUT2D eigenvalue weighted by Gasteiger charge is 2.23. The van der Waals surface area contributed by atoms with Gasteiger partial charge in [0, 0.05) is 26.4 Å². The minimum atomic E-state index is -0.833. The molecule has 0 atom stereocenters. The molecule has 3 heterocycles. The first-order valence-electron chi connectivity index (χ1n) is 9.54. The van der Waals surface area contributed by atoms with Crippen molar-refractivity contribution in [3.05, 3.63) is 30.1 Å². The molecule has 0 spiro atoms. The second kappa shape index (κ2) is 9.86. The summed E-state index contributed by atoms with van der Waals surface area (Å²) in [5, 5.41) is 30.7. The Morgan fingerprint density at radius 1 is 1.24 bits per heavy atom. The number of aromatic nitrogens is 5. The van der Waals surface area contributed by atoms with Gasteiger partial charge in [-0.05, 0) is 49.8 Å². The van der Waals surface area contributed by atoms with Crippen LogP contribution in [0.1, 0.15) is 31.5 Å². The van der Waals surface area contributed by atoms with E-state index >= 15 is 0 Å². The lowest BCUT2D eigenvalue weighted by Crippen LogP contribution is -2.27. The minimum Gasteiger partial charge on any atom is -0.481 e. The fourth-order valence-electron chi connectivity index (χ4n) is 3.38. The van der Waals surface area contributed by atoms with Gasteiger partial charge in [0.05, 0.1) is 17.6 Å². The van der Waals surface area contributed by atoms with Crippen LogP contribution in [0.15, 0.2) is 34.6 Å². The number of hydrogen-bond acceptors (Lipinski definition) is 7. The molecule has 0 bridgehead atoms. The van der Waals surface area contributed by atoms with Gasteiger partial charge in [-0.25, -0.2) is 4.98 Å². The van der Waals surface area contributed by atoms with Gasteiger partial charge in [-0.3, -0.25) is 4.79 Å². The quantitative estimate of drug-likeness (QED) is 0.575. The standard InChI is InChI=1S/C17H22N6OS.C2H4O2/c1-22-15(12-6-8-18-9-7-12)20-21-17(22)25-16-19-13-4-2-3-5-14(13)23(16)10-11-24;1-2(3)4/h2-5,12,18,24H,6-11H2,1H3;1H3,(H,3,4).